The fourth-order valence-electron chi connectivity index (χ4n) is 1.47. The van der Waals surface area contributed by atoms with Crippen molar-refractivity contribution < 1.29 is 0 Å². The topological polar surface area (TPSA) is 0 Å². The van der Waals surface area contributed by atoms with Crippen molar-refractivity contribution >= 4 is 9.24 Å². The predicted octanol–water partition coefficient (Wildman–Crippen LogP) is 4.00. The zero-order valence-corrected chi connectivity index (χ0v) is 9.47. The minimum Gasteiger partial charge on any atom is -0.131 e. The molecule has 68 valence electrons. The minimum atomic E-state index is 0.518. The number of hydrogen-bond acceptors (Lipinski definition) is 0. The lowest BCUT2D eigenvalue weighted by Crippen LogP contribution is -2.14. The molecule has 2 unspecified atom stereocenters. The standard InChI is InChI=1S/C10H23P/c1-4-6-7-9-10(3,11)8-5-2/h4-9,11H2,1-3H3. The van der Waals surface area contributed by atoms with Crippen LogP contribution in [-0.4, -0.2) is 5.16 Å². The van der Waals surface area contributed by atoms with Gasteiger partial charge >= 0.3 is 0 Å². The molecule has 0 aliphatic rings. The Morgan fingerprint density at radius 1 is 1.00 bits per heavy atom. The van der Waals surface area contributed by atoms with Crippen molar-refractivity contribution in [2.75, 3.05) is 0 Å². The maximum absolute atomic E-state index is 3.01. The molecule has 11 heavy (non-hydrogen) atoms. The van der Waals surface area contributed by atoms with Gasteiger partial charge in [-0.15, -0.1) is 9.24 Å². The van der Waals surface area contributed by atoms with Crippen molar-refractivity contribution in [3.63, 3.8) is 0 Å². The highest BCUT2D eigenvalue weighted by Gasteiger charge is 2.15. The van der Waals surface area contributed by atoms with E-state index in [0.29, 0.717) is 5.16 Å². The second kappa shape index (κ2) is 6.00. The van der Waals surface area contributed by atoms with Crippen LogP contribution in [-0.2, 0) is 0 Å². The Bertz CT molecular complexity index is 86.9. The van der Waals surface area contributed by atoms with Crippen LogP contribution >= 0.6 is 9.24 Å². The summed E-state index contributed by atoms with van der Waals surface area (Å²) in [5, 5.41) is 0.518. The lowest BCUT2D eigenvalue weighted by molar-refractivity contribution is 0.501. The lowest BCUT2D eigenvalue weighted by atomic mass is 9.97. The van der Waals surface area contributed by atoms with Gasteiger partial charge in [0.1, 0.15) is 0 Å². The Hall–Kier alpha value is 0.430. The minimum absolute atomic E-state index is 0.518. The van der Waals surface area contributed by atoms with Crippen molar-refractivity contribution in [2.24, 2.45) is 0 Å². The zero-order chi connectivity index (χ0) is 8.74. The fraction of sp³-hybridized carbons (Fsp3) is 1.00. The van der Waals surface area contributed by atoms with E-state index in [4.69, 9.17) is 0 Å². The van der Waals surface area contributed by atoms with Gasteiger partial charge < -0.3 is 0 Å². The monoisotopic (exact) mass is 174 g/mol. The van der Waals surface area contributed by atoms with Crippen molar-refractivity contribution in [3.8, 4) is 0 Å². The average Bonchev–Trinajstić information content (AvgIpc) is 1.87. The Kier molecular flexibility index (Phi) is 6.24. The number of hydrogen-bond donors (Lipinski definition) is 0. The highest BCUT2D eigenvalue weighted by molar-refractivity contribution is 7.18. The Balaban J connectivity index is 3.38. The molecule has 0 aromatic rings. The molecule has 0 nitrogen and oxygen atoms in total. The van der Waals surface area contributed by atoms with Crippen molar-refractivity contribution in [2.45, 2.75) is 64.5 Å². The SMILES string of the molecule is CCCCCC(C)(P)CCC. The molecule has 0 aliphatic heterocycles. The van der Waals surface area contributed by atoms with Gasteiger partial charge in [-0.2, -0.15) is 0 Å². The summed E-state index contributed by atoms with van der Waals surface area (Å²) in [7, 11) is 3.01. The van der Waals surface area contributed by atoms with E-state index >= 15 is 0 Å². The summed E-state index contributed by atoms with van der Waals surface area (Å²) in [6, 6.07) is 0. The third-order valence-electron chi connectivity index (χ3n) is 2.17. The van der Waals surface area contributed by atoms with Gasteiger partial charge in [0.05, 0.1) is 0 Å². The van der Waals surface area contributed by atoms with E-state index in [-0.39, 0.29) is 0 Å². The van der Waals surface area contributed by atoms with Gasteiger partial charge in [0.25, 0.3) is 0 Å². The van der Waals surface area contributed by atoms with Gasteiger partial charge in [-0.3, -0.25) is 0 Å². The molecule has 0 spiro atoms. The molecular formula is C10H23P. The molecule has 0 fully saturated rings. The van der Waals surface area contributed by atoms with E-state index in [9.17, 15) is 0 Å². The highest BCUT2D eigenvalue weighted by atomic mass is 31.0. The van der Waals surface area contributed by atoms with Crippen molar-refractivity contribution in [1.82, 2.24) is 0 Å². The average molecular weight is 174 g/mol. The molecule has 0 aromatic carbocycles. The van der Waals surface area contributed by atoms with E-state index in [0.717, 1.165) is 0 Å². The van der Waals surface area contributed by atoms with Crippen molar-refractivity contribution in [3.05, 3.63) is 0 Å². The molecule has 1 heteroatoms. The largest absolute Gasteiger partial charge is 0.131 e. The normalized spacial score (nSPS) is 16.4. The quantitative estimate of drug-likeness (QED) is 0.421. The third-order valence-corrected chi connectivity index (χ3v) is 2.75. The molecule has 0 radical (unpaired) electrons. The number of unbranched alkanes of at least 4 members (excludes halogenated alkanes) is 2. The third kappa shape index (κ3) is 6.81. The smallest absolute Gasteiger partial charge is 0.0178 e. The molecule has 0 saturated carbocycles. The molecule has 2 atom stereocenters. The van der Waals surface area contributed by atoms with E-state index in [1.165, 1.54) is 38.5 Å². The van der Waals surface area contributed by atoms with E-state index in [1.807, 2.05) is 0 Å². The summed E-state index contributed by atoms with van der Waals surface area (Å²) in [4.78, 5) is 0. The van der Waals surface area contributed by atoms with Crippen LogP contribution in [0.3, 0.4) is 0 Å². The zero-order valence-electron chi connectivity index (χ0n) is 8.32. The lowest BCUT2D eigenvalue weighted by Gasteiger charge is -2.23. The summed E-state index contributed by atoms with van der Waals surface area (Å²) in [6.07, 6.45) is 8.17. The summed E-state index contributed by atoms with van der Waals surface area (Å²) in [6.45, 7) is 6.89. The molecular weight excluding hydrogens is 151 g/mol. The first kappa shape index (κ1) is 11.4. The van der Waals surface area contributed by atoms with E-state index in [2.05, 4.69) is 30.0 Å². The van der Waals surface area contributed by atoms with Crippen LogP contribution in [0.4, 0.5) is 0 Å². The van der Waals surface area contributed by atoms with Crippen LogP contribution in [0.1, 0.15) is 59.3 Å². The first-order valence-electron chi connectivity index (χ1n) is 4.91. The van der Waals surface area contributed by atoms with Crippen LogP contribution < -0.4 is 0 Å². The summed E-state index contributed by atoms with van der Waals surface area (Å²) in [5.41, 5.74) is 0. The molecule has 0 N–H and O–H groups in total. The van der Waals surface area contributed by atoms with Gasteiger partial charge in [-0.05, 0) is 18.0 Å². The molecule has 0 bridgehead atoms. The Morgan fingerprint density at radius 3 is 2.09 bits per heavy atom. The Labute approximate surface area is 74.4 Å². The molecule has 0 aromatic heterocycles. The summed E-state index contributed by atoms with van der Waals surface area (Å²) < 4.78 is 0. The Morgan fingerprint density at radius 2 is 1.64 bits per heavy atom. The van der Waals surface area contributed by atoms with E-state index in [1.54, 1.807) is 0 Å². The van der Waals surface area contributed by atoms with Crippen molar-refractivity contribution in [1.29, 1.82) is 0 Å². The molecule has 0 rings (SSSR count). The maximum Gasteiger partial charge on any atom is -0.0178 e. The maximum atomic E-state index is 3.01. The second-order valence-electron chi connectivity index (χ2n) is 3.86. The summed E-state index contributed by atoms with van der Waals surface area (Å²) >= 11 is 0. The first-order chi connectivity index (χ1) is 5.12. The van der Waals surface area contributed by atoms with Gasteiger partial charge in [0.15, 0.2) is 0 Å². The molecule has 0 aliphatic carbocycles. The van der Waals surface area contributed by atoms with Crippen LogP contribution in [0, 0.1) is 0 Å². The van der Waals surface area contributed by atoms with Crippen LogP contribution in [0.5, 0.6) is 0 Å². The molecule has 0 heterocycles. The van der Waals surface area contributed by atoms with Gasteiger partial charge in [-0.1, -0.05) is 46.5 Å². The van der Waals surface area contributed by atoms with Crippen LogP contribution in [0.2, 0.25) is 0 Å². The number of rotatable bonds is 6. The first-order valence-corrected chi connectivity index (χ1v) is 5.49. The highest BCUT2D eigenvalue weighted by Crippen LogP contribution is 2.29. The van der Waals surface area contributed by atoms with Gasteiger partial charge in [0.2, 0.25) is 0 Å². The van der Waals surface area contributed by atoms with Crippen LogP contribution in [0.25, 0.3) is 0 Å². The second-order valence-corrected chi connectivity index (χ2v) is 5.25. The predicted molar refractivity (Wildman–Crippen MR) is 57.2 cm³/mol. The summed E-state index contributed by atoms with van der Waals surface area (Å²) in [5.74, 6) is 0. The van der Waals surface area contributed by atoms with Crippen LogP contribution in [0.15, 0.2) is 0 Å². The molecule has 0 saturated heterocycles. The van der Waals surface area contributed by atoms with Gasteiger partial charge in [-0.25, -0.2) is 0 Å². The molecule has 0 amide bonds. The van der Waals surface area contributed by atoms with E-state index < -0.39 is 0 Å². The van der Waals surface area contributed by atoms with Gasteiger partial charge in [0, 0.05) is 0 Å². The fourth-order valence-corrected chi connectivity index (χ4v) is 1.97.